The smallest absolute Gasteiger partial charge is 0.411 e. The minimum absolute atomic E-state index is 0.341. The van der Waals surface area contributed by atoms with E-state index < -0.39 is 15.4 Å². The van der Waals surface area contributed by atoms with Gasteiger partial charge in [-0.25, -0.2) is 4.79 Å². The van der Waals surface area contributed by atoms with Crippen molar-refractivity contribution in [2.45, 2.75) is 22.7 Å². The summed E-state index contributed by atoms with van der Waals surface area (Å²) in [7, 11) is 0. The molecule has 2 rings (SSSR count). The maximum atomic E-state index is 11.8. The molecular formula is C18H19Cl3N2O2. The van der Waals surface area contributed by atoms with Gasteiger partial charge in [0.2, 0.25) is 3.79 Å². The molecule has 0 spiro atoms. The van der Waals surface area contributed by atoms with Crippen molar-refractivity contribution in [2.24, 2.45) is 5.73 Å². The number of ether oxygens (including phenoxy) is 1. The topological polar surface area (TPSA) is 64.3 Å². The summed E-state index contributed by atoms with van der Waals surface area (Å²) >= 11 is 16.7. The van der Waals surface area contributed by atoms with Gasteiger partial charge in [0.1, 0.15) is 6.61 Å². The van der Waals surface area contributed by atoms with Crippen LogP contribution in [-0.4, -0.2) is 16.5 Å². The molecule has 2 aromatic rings. The summed E-state index contributed by atoms with van der Waals surface area (Å²) in [5.41, 5.74) is 8.46. The number of nitrogens with one attached hydrogen (secondary N) is 1. The predicted molar refractivity (Wildman–Crippen MR) is 103 cm³/mol. The summed E-state index contributed by atoms with van der Waals surface area (Å²) in [6.07, 6.45) is -0.0418. The van der Waals surface area contributed by atoms with Crippen molar-refractivity contribution in [3.05, 3.63) is 65.7 Å². The molecule has 1 unspecified atom stereocenters. The maximum absolute atomic E-state index is 11.8. The molecule has 0 saturated heterocycles. The normalized spacial score (nSPS) is 13.8. The van der Waals surface area contributed by atoms with Crippen molar-refractivity contribution in [1.82, 2.24) is 0 Å². The van der Waals surface area contributed by atoms with E-state index in [2.05, 4.69) is 5.32 Å². The van der Waals surface area contributed by atoms with Crippen LogP contribution in [0.15, 0.2) is 54.6 Å². The van der Waals surface area contributed by atoms with Crippen LogP contribution in [0.4, 0.5) is 10.5 Å². The molecule has 0 heterocycles. The Morgan fingerprint density at radius 2 is 1.80 bits per heavy atom. The summed E-state index contributed by atoms with van der Waals surface area (Å²) < 4.78 is 3.21. The zero-order chi connectivity index (χ0) is 18.5. The molecule has 4 nitrogen and oxygen atoms in total. The first kappa shape index (κ1) is 19.9. The van der Waals surface area contributed by atoms with Gasteiger partial charge in [0.25, 0.3) is 0 Å². The Morgan fingerprint density at radius 3 is 2.44 bits per heavy atom. The monoisotopic (exact) mass is 400 g/mol. The van der Waals surface area contributed by atoms with Gasteiger partial charge in [-0.15, -0.1) is 0 Å². The number of rotatable bonds is 5. The minimum Gasteiger partial charge on any atom is -0.445 e. The van der Waals surface area contributed by atoms with E-state index in [-0.39, 0.29) is 6.61 Å². The van der Waals surface area contributed by atoms with Crippen LogP contribution in [0.1, 0.15) is 18.1 Å². The lowest BCUT2D eigenvalue weighted by atomic mass is 9.86. The molecule has 25 heavy (non-hydrogen) atoms. The number of benzene rings is 2. The molecule has 0 aromatic heterocycles. The molecule has 7 heteroatoms. The molecule has 0 aliphatic heterocycles. The number of hydrogen-bond acceptors (Lipinski definition) is 3. The van der Waals surface area contributed by atoms with E-state index in [0.29, 0.717) is 12.1 Å². The van der Waals surface area contributed by atoms with Gasteiger partial charge in [-0.1, -0.05) is 77.3 Å². The fraction of sp³-hybridized carbons (Fsp3) is 0.278. The van der Waals surface area contributed by atoms with Crippen LogP contribution in [0, 0.1) is 0 Å². The van der Waals surface area contributed by atoms with Crippen molar-refractivity contribution in [2.75, 3.05) is 11.9 Å². The summed E-state index contributed by atoms with van der Waals surface area (Å²) in [5.74, 6) is 0. The zero-order valence-electron chi connectivity index (χ0n) is 13.6. The van der Waals surface area contributed by atoms with Crippen molar-refractivity contribution >= 4 is 46.6 Å². The van der Waals surface area contributed by atoms with Crippen LogP contribution >= 0.6 is 34.8 Å². The third kappa shape index (κ3) is 6.75. The van der Waals surface area contributed by atoms with Crippen molar-refractivity contribution < 1.29 is 9.53 Å². The fourth-order valence-corrected chi connectivity index (χ4v) is 2.54. The third-order valence-electron chi connectivity index (χ3n) is 3.55. The van der Waals surface area contributed by atoms with Crippen LogP contribution in [0.25, 0.3) is 0 Å². The molecule has 0 aliphatic carbocycles. The lowest BCUT2D eigenvalue weighted by Gasteiger charge is -2.26. The van der Waals surface area contributed by atoms with Gasteiger partial charge < -0.3 is 10.5 Å². The van der Waals surface area contributed by atoms with Crippen LogP contribution in [0.5, 0.6) is 0 Å². The second-order valence-electron chi connectivity index (χ2n) is 5.98. The molecule has 1 atom stereocenters. The second-order valence-corrected chi connectivity index (χ2v) is 8.49. The first-order valence-corrected chi connectivity index (χ1v) is 8.73. The average Bonchev–Trinajstić information content (AvgIpc) is 2.53. The Balaban J connectivity index is 2.06. The lowest BCUT2D eigenvalue weighted by Crippen LogP contribution is -2.35. The van der Waals surface area contributed by atoms with E-state index in [9.17, 15) is 4.79 Å². The number of amides is 1. The number of halogens is 3. The first-order valence-electron chi connectivity index (χ1n) is 7.60. The predicted octanol–water partition coefficient (Wildman–Crippen LogP) is 5.02. The highest BCUT2D eigenvalue weighted by Crippen LogP contribution is 2.27. The van der Waals surface area contributed by atoms with Crippen molar-refractivity contribution in [3.63, 3.8) is 0 Å². The Hall–Kier alpha value is -1.46. The Labute approximate surface area is 162 Å². The Bertz CT molecular complexity index is 716. The lowest BCUT2D eigenvalue weighted by molar-refractivity contribution is 0.164. The van der Waals surface area contributed by atoms with E-state index in [4.69, 9.17) is 45.3 Å². The highest BCUT2D eigenvalue weighted by atomic mass is 35.6. The van der Waals surface area contributed by atoms with Gasteiger partial charge in [0.15, 0.2) is 0 Å². The molecule has 0 fully saturated rings. The Morgan fingerprint density at radius 1 is 1.12 bits per heavy atom. The summed E-state index contributed by atoms with van der Waals surface area (Å²) in [4.78, 5) is 11.8. The van der Waals surface area contributed by atoms with Gasteiger partial charge >= 0.3 is 6.09 Å². The molecule has 0 bridgehead atoms. The highest BCUT2D eigenvalue weighted by Gasteiger charge is 2.24. The SMILES string of the molecule is CC(N)(Cc1ccccc1)c1cccc(NC(=O)OCC(Cl)(Cl)Cl)c1. The van der Waals surface area contributed by atoms with Gasteiger partial charge in [-0.2, -0.15) is 0 Å². The van der Waals surface area contributed by atoms with Crippen LogP contribution < -0.4 is 11.1 Å². The average molecular weight is 402 g/mol. The number of anilines is 1. The molecule has 0 radical (unpaired) electrons. The first-order chi connectivity index (χ1) is 11.7. The van der Waals surface area contributed by atoms with E-state index in [1.54, 1.807) is 12.1 Å². The van der Waals surface area contributed by atoms with E-state index in [1.165, 1.54) is 0 Å². The van der Waals surface area contributed by atoms with Crippen molar-refractivity contribution in [1.29, 1.82) is 0 Å². The third-order valence-corrected chi connectivity index (χ3v) is 3.88. The quantitative estimate of drug-likeness (QED) is 0.691. The minimum atomic E-state index is -1.65. The summed E-state index contributed by atoms with van der Waals surface area (Å²) in [6.45, 7) is 1.60. The molecule has 0 saturated carbocycles. The summed E-state index contributed by atoms with van der Waals surface area (Å²) in [6, 6.07) is 17.2. The molecule has 134 valence electrons. The van der Waals surface area contributed by atoms with Gasteiger partial charge in [0, 0.05) is 11.2 Å². The molecular weight excluding hydrogens is 383 g/mol. The molecule has 1 amide bonds. The number of carbonyl (C=O) groups excluding carboxylic acids is 1. The molecule has 2 aromatic carbocycles. The number of alkyl halides is 3. The van der Waals surface area contributed by atoms with Gasteiger partial charge in [-0.3, -0.25) is 5.32 Å². The van der Waals surface area contributed by atoms with E-state index in [0.717, 1.165) is 11.1 Å². The molecule has 3 N–H and O–H groups in total. The largest absolute Gasteiger partial charge is 0.445 e. The van der Waals surface area contributed by atoms with Crippen LogP contribution in [-0.2, 0) is 16.7 Å². The van der Waals surface area contributed by atoms with Crippen molar-refractivity contribution in [3.8, 4) is 0 Å². The standard InChI is InChI=1S/C18H19Cl3N2O2/c1-17(22,11-13-6-3-2-4-7-13)14-8-5-9-15(10-14)23-16(24)25-12-18(19,20)21/h2-10H,11-12,22H2,1H3,(H,23,24). The number of hydrogen-bond donors (Lipinski definition) is 2. The number of nitrogens with two attached hydrogens (primary N) is 1. The molecule has 0 aliphatic rings. The summed E-state index contributed by atoms with van der Waals surface area (Å²) in [5, 5.41) is 2.60. The number of carbonyl (C=O) groups is 1. The fourth-order valence-electron chi connectivity index (χ4n) is 2.38. The maximum Gasteiger partial charge on any atom is 0.411 e. The Kier molecular flexibility index (Phi) is 6.58. The van der Waals surface area contributed by atoms with Crippen LogP contribution in [0.3, 0.4) is 0 Å². The highest BCUT2D eigenvalue weighted by molar-refractivity contribution is 6.67. The van der Waals surface area contributed by atoms with Crippen LogP contribution in [0.2, 0.25) is 0 Å². The zero-order valence-corrected chi connectivity index (χ0v) is 15.9. The van der Waals surface area contributed by atoms with E-state index >= 15 is 0 Å². The second kappa shape index (κ2) is 8.28. The van der Waals surface area contributed by atoms with Gasteiger partial charge in [-0.05, 0) is 36.6 Å². The van der Waals surface area contributed by atoms with E-state index in [1.807, 2.05) is 49.4 Å². The van der Waals surface area contributed by atoms with Gasteiger partial charge in [0.05, 0.1) is 0 Å².